The van der Waals surface area contributed by atoms with E-state index in [-0.39, 0.29) is 12.1 Å². The molecular weight excluding hydrogens is 218 g/mol. The van der Waals surface area contributed by atoms with E-state index >= 15 is 0 Å². The van der Waals surface area contributed by atoms with Crippen molar-refractivity contribution in [3.8, 4) is 0 Å². The number of nitrogens with two attached hydrogens (primary N) is 1. The van der Waals surface area contributed by atoms with Crippen LogP contribution in [0.3, 0.4) is 0 Å². The van der Waals surface area contributed by atoms with Crippen LogP contribution in [-0.4, -0.2) is 29.5 Å². The second-order valence-electron chi connectivity index (χ2n) is 4.30. The van der Waals surface area contributed by atoms with Gasteiger partial charge in [0.25, 0.3) is 0 Å². The van der Waals surface area contributed by atoms with Gasteiger partial charge in [0.1, 0.15) is 25.0 Å². The van der Waals surface area contributed by atoms with E-state index in [4.69, 9.17) is 5.73 Å². The summed E-state index contributed by atoms with van der Waals surface area (Å²) in [6, 6.07) is 0.128. The first-order valence-electron chi connectivity index (χ1n) is 5.61. The maximum atomic E-state index is 5.71. The monoisotopic (exact) mass is 235 g/mol. The summed E-state index contributed by atoms with van der Waals surface area (Å²) >= 11 is 0. The molecule has 0 spiro atoms. The summed E-state index contributed by atoms with van der Waals surface area (Å²) in [6.07, 6.45) is 3.22. The molecule has 1 unspecified atom stereocenters. The minimum atomic E-state index is -0.154. The molecule has 2 N–H and O–H groups in total. The van der Waals surface area contributed by atoms with Gasteiger partial charge in [-0.15, -0.1) is 0 Å². The van der Waals surface area contributed by atoms with E-state index in [2.05, 4.69) is 34.0 Å². The molecule has 0 aliphatic rings. The predicted molar refractivity (Wildman–Crippen MR) is 62.1 cm³/mol. The lowest BCUT2D eigenvalue weighted by molar-refractivity contribution is 0.486. The van der Waals surface area contributed by atoms with Gasteiger partial charge in [-0.25, -0.2) is 19.3 Å². The Labute approximate surface area is 99.7 Å². The van der Waals surface area contributed by atoms with E-state index < -0.39 is 0 Å². The minimum absolute atomic E-state index is 0.154. The van der Waals surface area contributed by atoms with E-state index in [1.54, 1.807) is 17.3 Å². The fraction of sp³-hybridized carbons (Fsp3) is 0.600. The Morgan fingerprint density at radius 1 is 1.29 bits per heavy atom. The topological polar surface area (TPSA) is 87.4 Å². The van der Waals surface area contributed by atoms with E-state index in [0.29, 0.717) is 12.4 Å². The quantitative estimate of drug-likeness (QED) is 0.834. The summed E-state index contributed by atoms with van der Waals surface area (Å²) in [4.78, 5) is 8.36. The van der Waals surface area contributed by atoms with Gasteiger partial charge in [-0.1, -0.05) is 0 Å². The van der Waals surface area contributed by atoms with Crippen molar-refractivity contribution in [1.29, 1.82) is 0 Å². The van der Waals surface area contributed by atoms with E-state index in [0.717, 1.165) is 5.82 Å². The van der Waals surface area contributed by atoms with Gasteiger partial charge in [0.05, 0.1) is 6.04 Å². The number of aromatic nitrogens is 6. The highest BCUT2D eigenvalue weighted by atomic mass is 15.4. The van der Waals surface area contributed by atoms with Crippen molar-refractivity contribution >= 4 is 0 Å². The normalized spacial score (nSPS) is 13.2. The molecule has 0 fully saturated rings. The lowest BCUT2D eigenvalue weighted by Crippen LogP contribution is -2.13. The predicted octanol–water partition coefficient (Wildman–Crippen LogP) is 0.518. The van der Waals surface area contributed by atoms with Crippen molar-refractivity contribution < 1.29 is 0 Å². The zero-order chi connectivity index (χ0) is 12.4. The van der Waals surface area contributed by atoms with Crippen molar-refractivity contribution in [1.82, 2.24) is 29.5 Å². The van der Waals surface area contributed by atoms with Gasteiger partial charge in [-0.2, -0.15) is 10.2 Å². The van der Waals surface area contributed by atoms with Gasteiger partial charge >= 0.3 is 0 Å². The molecule has 0 aliphatic heterocycles. The Morgan fingerprint density at radius 2 is 2.06 bits per heavy atom. The summed E-state index contributed by atoms with van der Waals surface area (Å²) in [6.45, 7) is 6.54. The van der Waals surface area contributed by atoms with Gasteiger partial charge in [0, 0.05) is 6.04 Å². The third-order valence-corrected chi connectivity index (χ3v) is 2.40. The van der Waals surface area contributed by atoms with Crippen molar-refractivity contribution in [2.75, 3.05) is 0 Å². The Hall–Kier alpha value is -1.76. The molecule has 0 aliphatic carbocycles. The van der Waals surface area contributed by atoms with Crippen molar-refractivity contribution in [3.05, 3.63) is 24.3 Å². The van der Waals surface area contributed by atoms with Crippen molar-refractivity contribution in [2.45, 2.75) is 39.4 Å². The molecule has 7 heteroatoms. The highest BCUT2D eigenvalue weighted by Gasteiger charge is 2.10. The molecule has 0 saturated heterocycles. The lowest BCUT2D eigenvalue weighted by atomic mass is 10.3. The lowest BCUT2D eigenvalue weighted by Gasteiger charge is -2.08. The zero-order valence-corrected chi connectivity index (χ0v) is 10.3. The first-order chi connectivity index (χ1) is 8.08. The van der Waals surface area contributed by atoms with E-state index in [9.17, 15) is 0 Å². The maximum absolute atomic E-state index is 5.71. The van der Waals surface area contributed by atoms with Gasteiger partial charge in [0.15, 0.2) is 5.82 Å². The molecule has 92 valence electrons. The SMILES string of the molecule is CC(N)c1ncn(Cc2ncnn2C(C)C)n1. The van der Waals surface area contributed by atoms with Crippen LogP contribution in [0.1, 0.15) is 44.5 Å². The third kappa shape index (κ3) is 2.50. The maximum Gasteiger partial charge on any atom is 0.166 e. The third-order valence-electron chi connectivity index (χ3n) is 2.40. The first-order valence-corrected chi connectivity index (χ1v) is 5.61. The van der Waals surface area contributed by atoms with Gasteiger partial charge < -0.3 is 5.73 Å². The van der Waals surface area contributed by atoms with Crippen LogP contribution in [-0.2, 0) is 6.54 Å². The largest absolute Gasteiger partial charge is 0.321 e. The number of hydrogen-bond acceptors (Lipinski definition) is 5. The van der Waals surface area contributed by atoms with Crippen LogP contribution in [0.25, 0.3) is 0 Å². The average Bonchev–Trinajstić information content (AvgIpc) is 2.86. The Kier molecular flexibility index (Phi) is 3.19. The molecule has 0 aromatic carbocycles. The Balaban J connectivity index is 2.17. The van der Waals surface area contributed by atoms with Gasteiger partial charge in [-0.3, -0.25) is 0 Å². The molecule has 0 saturated carbocycles. The van der Waals surface area contributed by atoms with E-state index in [1.165, 1.54) is 0 Å². The highest BCUT2D eigenvalue weighted by Crippen LogP contribution is 2.07. The number of hydrogen-bond donors (Lipinski definition) is 1. The molecule has 0 bridgehead atoms. The van der Waals surface area contributed by atoms with Crippen LogP contribution in [0.2, 0.25) is 0 Å². The summed E-state index contributed by atoms with van der Waals surface area (Å²) in [5, 5.41) is 8.46. The molecule has 1 atom stereocenters. The van der Waals surface area contributed by atoms with Crippen LogP contribution in [0.4, 0.5) is 0 Å². The standard InChI is InChI=1S/C10H17N7/c1-7(2)17-9(12-5-14-17)4-16-6-13-10(15-16)8(3)11/h5-8H,4,11H2,1-3H3. The fourth-order valence-corrected chi connectivity index (χ4v) is 1.56. The molecule has 17 heavy (non-hydrogen) atoms. The number of rotatable bonds is 4. The summed E-state index contributed by atoms with van der Waals surface area (Å²) in [5.41, 5.74) is 5.71. The second kappa shape index (κ2) is 4.62. The molecular formula is C10H17N7. The number of nitrogens with zero attached hydrogens (tertiary/aromatic N) is 6. The van der Waals surface area contributed by atoms with Crippen molar-refractivity contribution in [2.24, 2.45) is 5.73 Å². The molecule has 7 nitrogen and oxygen atoms in total. The minimum Gasteiger partial charge on any atom is -0.321 e. The molecule has 2 aromatic rings. The smallest absolute Gasteiger partial charge is 0.166 e. The summed E-state index contributed by atoms with van der Waals surface area (Å²) < 4.78 is 3.59. The second-order valence-corrected chi connectivity index (χ2v) is 4.30. The van der Waals surface area contributed by atoms with Crippen LogP contribution in [0.15, 0.2) is 12.7 Å². The average molecular weight is 235 g/mol. The molecule has 2 aromatic heterocycles. The summed E-state index contributed by atoms with van der Waals surface area (Å²) in [5.74, 6) is 1.50. The van der Waals surface area contributed by atoms with Gasteiger partial charge in [-0.05, 0) is 20.8 Å². The van der Waals surface area contributed by atoms with Crippen LogP contribution in [0.5, 0.6) is 0 Å². The summed E-state index contributed by atoms with van der Waals surface area (Å²) in [7, 11) is 0. The van der Waals surface area contributed by atoms with Gasteiger partial charge in [0.2, 0.25) is 0 Å². The molecule has 2 rings (SSSR count). The zero-order valence-electron chi connectivity index (χ0n) is 10.3. The van der Waals surface area contributed by atoms with Crippen LogP contribution >= 0.6 is 0 Å². The molecule has 0 radical (unpaired) electrons. The molecule has 0 amide bonds. The molecule has 2 heterocycles. The van der Waals surface area contributed by atoms with Crippen molar-refractivity contribution in [3.63, 3.8) is 0 Å². The van der Waals surface area contributed by atoms with Crippen LogP contribution < -0.4 is 5.73 Å². The van der Waals surface area contributed by atoms with Crippen LogP contribution in [0, 0.1) is 0 Å². The van der Waals surface area contributed by atoms with E-state index in [1.807, 2.05) is 11.6 Å². The fourth-order valence-electron chi connectivity index (χ4n) is 1.56. The Bertz CT molecular complexity index is 482. The first kappa shape index (κ1) is 11.7. The highest BCUT2D eigenvalue weighted by molar-refractivity contribution is 4.91. The Morgan fingerprint density at radius 3 is 2.65 bits per heavy atom.